The van der Waals surface area contributed by atoms with E-state index in [9.17, 15) is 9.59 Å². The fourth-order valence-corrected chi connectivity index (χ4v) is 5.02. The van der Waals surface area contributed by atoms with E-state index in [2.05, 4.69) is 41.4 Å². The SMILES string of the molecule is CC(C)(C)c1cnc(CSc2cnc(NC(=O)Oc3ccc(OCCCC(=O)Nc4ccccc4N)cc3)s2)o1. The molecule has 4 aromatic rings. The van der Waals surface area contributed by atoms with E-state index in [0.717, 1.165) is 9.97 Å². The molecule has 0 spiro atoms. The molecule has 2 aromatic carbocycles. The van der Waals surface area contributed by atoms with Gasteiger partial charge in [-0.2, -0.15) is 0 Å². The summed E-state index contributed by atoms with van der Waals surface area (Å²) in [5.41, 5.74) is 6.86. The van der Waals surface area contributed by atoms with Gasteiger partial charge in [0.1, 0.15) is 17.3 Å². The number of amides is 2. The average molecular weight is 582 g/mol. The molecule has 0 saturated heterocycles. The van der Waals surface area contributed by atoms with E-state index in [1.807, 2.05) is 12.1 Å². The summed E-state index contributed by atoms with van der Waals surface area (Å²) in [6, 6.07) is 13.8. The zero-order valence-corrected chi connectivity index (χ0v) is 24.1. The van der Waals surface area contributed by atoms with Crippen LogP contribution in [-0.2, 0) is 16.0 Å². The minimum Gasteiger partial charge on any atom is -0.494 e. The summed E-state index contributed by atoms with van der Waals surface area (Å²) in [7, 11) is 0. The number of nitrogens with one attached hydrogen (secondary N) is 2. The molecule has 40 heavy (non-hydrogen) atoms. The average Bonchev–Trinajstić information content (AvgIpc) is 3.57. The second-order valence-corrected chi connectivity index (χ2v) is 12.0. The number of hydrogen-bond donors (Lipinski definition) is 3. The van der Waals surface area contributed by atoms with E-state index in [1.165, 1.54) is 23.1 Å². The van der Waals surface area contributed by atoms with Crippen molar-refractivity contribution in [2.75, 3.05) is 23.0 Å². The van der Waals surface area contributed by atoms with Crippen molar-refractivity contribution in [1.29, 1.82) is 0 Å². The Morgan fingerprint density at radius 3 is 2.50 bits per heavy atom. The minimum absolute atomic E-state index is 0.0936. The topological polar surface area (TPSA) is 142 Å². The number of hydrogen-bond acceptors (Lipinski definition) is 10. The first-order chi connectivity index (χ1) is 19.2. The molecule has 0 atom stereocenters. The Kier molecular flexibility index (Phi) is 9.67. The lowest BCUT2D eigenvalue weighted by atomic mass is 9.94. The van der Waals surface area contributed by atoms with Crippen molar-refractivity contribution in [2.45, 2.75) is 49.0 Å². The van der Waals surface area contributed by atoms with E-state index < -0.39 is 6.09 Å². The maximum atomic E-state index is 12.3. The fourth-order valence-electron chi connectivity index (χ4n) is 3.31. The molecular weight excluding hydrogens is 550 g/mol. The summed E-state index contributed by atoms with van der Waals surface area (Å²) in [5, 5.41) is 5.85. The highest BCUT2D eigenvalue weighted by Gasteiger charge is 2.19. The van der Waals surface area contributed by atoms with Crippen molar-refractivity contribution < 1.29 is 23.5 Å². The third kappa shape index (κ3) is 8.75. The zero-order chi connectivity index (χ0) is 28.5. The largest absolute Gasteiger partial charge is 0.494 e. The zero-order valence-electron chi connectivity index (χ0n) is 22.4. The number of para-hydroxylation sites is 2. The summed E-state index contributed by atoms with van der Waals surface area (Å²) >= 11 is 2.86. The molecule has 0 unspecified atom stereocenters. The number of oxazole rings is 1. The molecule has 4 N–H and O–H groups in total. The maximum Gasteiger partial charge on any atom is 0.418 e. The first-order valence-corrected chi connectivity index (χ1v) is 14.4. The smallest absolute Gasteiger partial charge is 0.418 e. The van der Waals surface area contributed by atoms with Crippen LogP contribution in [0.4, 0.5) is 21.3 Å². The summed E-state index contributed by atoms with van der Waals surface area (Å²) in [5.74, 6) is 2.87. The number of benzene rings is 2. The highest BCUT2D eigenvalue weighted by atomic mass is 32.2. The Balaban J connectivity index is 1.15. The van der Waals surface area contributed by atoms with Crippen molar-refractivity contribution in [3.8, 4) is 11.5 Å². The molecule has 2 heterocycles. The molecule has 210 valence electrons. The maximum absolute atomic E-state index is 12.3. The molecule has 2 amide bonds. The van der Waals surface area contributed by atoms with Gasteiger partial charge in [0.2, 0.25) is 11.8 Å². The molecule has 10 nitrogen and oxygen atoms in total. The Labute approximate surface area is 240 Å². The molecule has 2 aromatic heterocycles. The van der Waals surface area contributed by atoms with E-state index in [4.69, 9.17) is 19.6 Å². The summed E-state index contributed by atoms with van der Waals surface area (Å²) < 4.78 is 17.7. The van der Waals surface area contributed by atoms with Crippen molar-refractivity contribution in [2.24, 2.45) is 0 Å². The van der Waals surface area contributed by atoms with Crippen molar-refractivity contribution in [3.05, 3.63) is 72.6 Å². The molecule has 12 heteroatoms. The molecule has 0 aliphatic carbocycles. The Bertz CT molecular complexity index is 1430. The number of carbonyl (C=O) groups excluding carboxylic acids is 2. The van der Waals surface area contributed by atoms with Crippen LogP contribution in [0.1, 0.15) is 45.3 Å². The number of ether oxygens (including phenoxy) is 2. The molecule has 0 aliphatic rings. The Morgan fingerprint density at radius 2 is 1.77 bits per heavy atom. The van der Waals surface area contributed by atoms with Gasteiger partial charge < -0.3 is 24.9 Å². The van der Waals surface area contributed by atoms with E-state index in [0.29, 0.717) is 59.1 Å². The van der Waals surface area contributed by atoms with E-state index in [1.54, 1.807) is 48.8 Å². The van der Waals surface area contributed by atoms with Gasteiger partial charge in [0.15, 0.2) is 5.13 Å². The third-order valence-electron chi connectivity index (χ3n) is 5.41. The van der Waals surface area contributed by atoms with E-state index in [-0.39, 0.29) is 11.3 Å². The Hall–Kier alpha value is -4.03. The number of thiazole rings is 1. The predicted octanol–water partition coefficient (Wildman–Crippen LogP) is 6.71. The van der Waals surface area contributed by atoms with Crippen LogP contribution in [0.15, 0.2) is 69.6 Å². The van der Waals surface area contributed by atoms with Gasteiger partial charge in [-0.05, 0) is 42.8 Å². The minimum atomic E-state index is -0.646. The number of nitrogens with zero attached hydrogens (tertiary/aromatic N) is 2. The van der Waals surface area contributed by atoms with Gasteiger partial charge in [-0.15, -0.1) is 11.8 Å². The quantitative estimate of drug-likeness (QED) is 0.100. The van der Waals surface area contributed by atoms with Crippen LogP contribution in [-0.4, -0.2) is 28.6 Å². The number of nitrogens with two attached hydrogens (primary N) is 1. The number of nitrogen functional groups attached to an aromatic ring is 1. The van der Waals surface area contributed by atoms with Gasteiger partial charge in [0.05, 0.1) is 40.3 Å². The van der Waals surface area contributed by atoms with Gasteiger partial charge in [-0.25, -0.2) is 14.8 Å². The number of rotatable bonds is 11. The normalized spacial score (nSPS) is 11.2. The lowest BCUT2D eigenvalue weighted by Gasteiger charge is -2.12. The highest BCUT2D eigenvalue weighted by Crippen LogP contribution is 2.32. The van der Waals surface area contributed by atoms with Gasteiger partial charge in [-0.3, -0.25) is 10.1 Å². The van der Waals surface area contributed by atoms with Crippen molar-refractivity contribution in [3.63, 3.8) is 0 Å². The molecule has 0 aliphatic heterocycles. The number of anilines is 3. The second-order valence-electron chi connectivity index (χ2n) is 9.71. The standard InChI is InChI=1S/C28H31N5O5S2/c1-28(2,3)22-15-30-24(38-22)17-39-25-16-31-26(40-25)33-27(35)37-19-12-10-18(11-13-19)36-14-6-9-23(34)32-21-8-5-4-7-20(21)29/h4-5,7-8,10-13,15-16H,6,9,14,17,29H2,1-3H3,(H,32,34)(H,31,33,35). The van der Waals surface area contributed by atoms with Gasteiger partial charge in [-0.1, -0.05) is 44.2 Å². The number of thioether (sulfide) groups is 1. The molecule has 4 rings (SSSR count). The number of aromatic nitrogens is 2. The van der Waals surface area contributed by atoms with Crippen molar-refractivity contribution in [1.82, 2.24) is 9.97 Å². The van der Waals surface area contributed by atoms with Gasteiger partial charge in [0.25, 0.3) is 0 Å². The fraction of sp³-hybridized carbons (Fsp3) is 0.286. The molecular formula is C28H31N5O5S2. The van der Waals surface area contributed by atoms with Crippen LogP contribution < -0.4 is 25.8 Å². The summed E-state index contributed by atoms with van der Waals surface area (Å²) in [6.07, 6.45) is 3.63. The van der Waals surface area contributed by atoms with Crippen LogP contribution in [0, 0.1) is 0 Å². The lowest BCUT2D eigenvalue weighted by Crippen LogP contribution is -2.16. The third-order valence-corrected chi connectivity index (χ3v) is 7.50. The summed E-state index contributed by atoms with van der Waals surface area (Å²) in [4.78, 5) is 33.0. The van der Waals surface area contributed by atoms with E-state index >= 15 is 0 Å². The molecule has 0 bridgehead atoms. The highest BCUT2D eigenvalue weighted by molar-refractivity contribution is 8.00. The molecule has 0 fully saturated rings. The van der Waals surface area contributed by atoms with Gasteiger partial charge >= 0.3 is 6.09 Å². The molecule has 0 radical (unpaired) electrons. The van der Waals surface area contributed by atoms with Gasteiger partial charge in [0, 0.05) is 11.8 Å². The van der Waals surface area contributed by atoms with Crippen LogP contribution in [0.3, 0.4) is 0 Å². The second kappa shape index (κ2) is 13.4. The van der Waals surface area contributed by atoms with Crippen LogP contribution in [0.5, 0.6) is 11.5 Å². The number of carbonyl (C=O) groups is 2. The van der Waals surface area contributed by atoms with Crippen LogP contribution in [0.25, 0.3) is 0 Å². The first-order valence-electron chi connectivity index (χ1n) is 12.6. The first kappa shape index (κ1) is 29.0. The molecule has 0 saturated carbocycles. The summed E-state index contributed by atoms with van der Waals surface area (Å²) in [6.45, 7) is 6.57. The predicted molar refractivity (Wildman–Crippen MR) is 157 cm³/mol. The lowest BCUT2D eigenvalue weighted by molar-refractivity contribution is -0.116. The van der Waals surface area contributed by atoms with Crippen LogP contribution in [0.2, 0.25) is 0 Å². The van der Waals surface area contributed by atoms with Crippen molar-refractivity contribution >= 4 is 51.6 Å². The Morgan fingerprint density at radius 1 is 1.02 bits per heavy atom. The van der Waals surface area contributed by atoms with Crippen LogP contribution >= 0.6 is 23.1 Å². The monoisotopic (exact) mass is 581 g/mol.